The number of carboxylic acids is 1. The van der Waals surface area contributed by atoms with Gasteiger partial charge in [0.2, 0.25) is 10.0 Å². The van der Waals surface area contributed by atoms with Crippen LogP contribution < -0.4 is 5.14 Å². The predicted molar refractivity (Wildman–Crippen MR) is 166 cm³/mol. The molecule has 0 bridgehead atoms. The van der Waals surface area contributed by atoms with Gasteiger partial charge in [-0.1, -0.05) is 30.0 Å². The molecule has 0 saturated heterocycles. The van der Waals surface area contributed by atoms with Crippen LogP contribution in [0.1, 0.15) is 49.9 Å². The molecule has 2 aromatic carbocycles. The average Bonchev–Trinajstić information content (AvgIpc) is 3.37. The van der Waals surface area contributed by atoms with Crippen molar-refractivity contribution >= 4 is 38.7 Å². The summed E-state index contributed by atoms with van der Waals surface area (Å²) >= 11 is 2.52. The number of rotatable bonds is 8. The predicted octanol–water partition coefficient (Wildman–Crippen LogP) is 6.67. The maximum Gasteiger partial charge on any atom is 0.355 e. The number of carboxylic acid groups (broad SMARTS) is 1. The van der Waals surface area contributed by atoms with Gasteiger partial charge in [0.15, 0.2) is 5.69 Å². The summed E-state index contributed by atoms with van der Waals surface area (Å²) in [6.45, 7) is 1.91. The zero-order valence-electron chi connectivity index (χ0n) is 23.3. The highest BCUT2D eigenvalue weighted by atomic mass is 32.2. The van der Waals surface area contributed by atoms with E-state index in [0.717, 1.165) is 41.4 Å². The zero-order chi connectivity index (χ0) is 31.2. The van der Waals surface area contributed by atoms with Gasteiger partial charge >= 0.3 is 5.97 Å². The largest absolute Gasteiger partial charge is 0.476 e. The molecule has 6 rings (SSSR count). The fourth-order valence-electron chi connectivity index (χ4n) is 4.97. The van der Waals surface area contributed by atoms with E-state index in [9.17, 15) is 27.1 Å². The van der Waals surface area contributed by atoms with Crippen LogP contribution in [0, 0.1) is 36.3 Å². The van der Waals surface area contributed by atoms with Gasteiger partial charge in [-0.2, -0.15) is 0 Å². The Kier molecular flexibility index (Phi) is 7.98. The summed E-state index contributed by atoms with van der Waals surface area (Å²) in [7, 11) is -4.23. The normalized spacial score (nSPS) is 13.1. The quantitative estimate of drug-likeness (QED) is 0.182. The van der Waals surface area contributed by atoms with Gasteiger partial charge in [-0.05, 0) is 73.6 Å². The molecule has 12 heteroatoms. The van der Waals surface area contributed by atoms with Crippen LogP contribution in [0.4, 0.5) is 8.78 Å². The van der Waals surface area contributed by atoms with Crippen molar-refractivity contribution in [1.82, 2.24) is 9.55 Å². The second-order valence-electron chi connectivity index (χ2n) is 10.6. The number of aromatic nitrogens is 2. The molecule has 3 N–H and O–H groups in total. The first-order valence-corrected chi connectivity index (χ1v) is 16.8. The summed E-state index contributed by atoms with van der Waals surface area (Å²) in [6, 6.07) is 14.8. The topological polar surface area (TPSA) is 115 Å². The van der Waals surface area contributed by atoms with Crippen molar-refractivity contribution in [2.45, 2.75) is 37.6 Å². The number of carbonyl (C=O) groups is 1. The molecule has 1 saturated carbocycles. The van der Waals surface area contributed by atoms with E-state index in [1.54, 1.807) is 6.92 Å². The smallest absolute Gasteiger partial charge is 0.355 e. The van der Waals surface area contributed by atoms with Crippen molar-refractivity contribution in [3.05, 3.63) is 104 Å². The molecule has 3 heterocycles. The number of hydrogen-bond donors (Lipinski definition) is 2. The second-order valence-corrected chi connectivity index (χ2v) is 14.3. The molecule has 1 aliphatic rings. The number of thiophene rings is 1. The van der Waals surface area contributed by atoms with E-state index in [2.05, 4.69) is 16.8 Å². The van der Waals surface area contributed by atoms with Crippen molar-refractivity contribution in [1.29, 1.82) is 0 Å². The minimum Gasteiger partial charge on any atom is -0.476 e. The Morgan fingerprint density at radius 2 is 1.91 bits per heavy atom. The molecule has 0 unspecified atom stereocenters. The minimum atomic E-state index is -4.23. The molecule has 0 atom stereocenters. The van der Waals surface area contributed by atoms with Crippen molar-refractivity contribution < 1.29 is 27.1 Å². The summed E-state index contributed by atoms with van der Waals surface area (Å²) in [5.74, 6) is 4.24. The maximum absolute atomic E-state index is 14.9. The van der Waals surface area contributed by atoms with E-state index >= 15 is 0 Å². The average molecular weight is 650 g/mol. The molecule has 1 fully saturated rings. The van der Waals surface area contributed by atoms with Crippen LogP contribution in [0.15, 0.2) is 64.9 Å². The molecular weight excluding hydrogens is 625 g/mol. The Bertz CT molecular complexity index is 2080. The Hall–Kier alpha value is -4.15. The lowest BCUT2D eigenvalue weighted by Crippen LogP contribution is -2.14. The highest BCUT2D eigenvalue weighted by Gasteiger charge is 2.28. The molecule has 224 valence electrons. The van der Waals surface area contributed by atoms with E-state index in [4.69, 9.17) is 5.14 Å². The van der Waals surface area contributed by atoms with Gasteiger partial charge in [-0.15, -0.1) is 22.7 Å². The maximum atomic E-state index is 14.9. The molecule has 0 spiro atoms. The molecule has 44 heavy (non-hydrogen) atoms. The number of halogens is 2. The molecule has 3 aromatic heterocycles. The monoisotopic (exact) mass is 649 g/mol. The van der Waals surface area contributed by atoms with E-state index in [1.165, 1.54) is 46.3 Å². The molecule has 5 aromatic rings. The van der Waals surface area contributed by atoms with Gasteiger partial charge in [-0.25, -0.2) is 32.1 Å². The minimum absolute atomic E-state index is 0.0464. The van der Waals surface area contributed by atoms with Crippen molar-refractivity contribution in [3.63, 3.8) is 0 Å². The number of sulfonamides is 1. The van der Waals surface area contributed by atoms with Gasteiger partial charge < -0.3 is 9.67 Å². The van der Waals surface area contributed by atoms with E-state index < -0.39 is 26.7 Å². The first-order valence-electron chi connectivity index (χ1n) is 13.6. The van der Waals surface area contributed by atoms with Crippen LogP contribution in [0.3, 0.4) is 0 Å². The van der Waals surface area contributed by atoms with E-state index in [1.807, 2.05) is 34.9 Å². The summed E-state index contributed by atoms with van der Waals surface area (Å²) < 4.78 is 54.4. The fourth-order valence-corrected chi connectivity index (χ4v) is 7.14. The van der Waals surface area contributed by atoms with Gasteiger partial charge in [0.05, 0.1) is 4.88 Å². The van der Waals surface area contributed by atoms with Gasteiger partial charge in [0.25, 0.3) is 0 Å². The fraction of sp³-hybridized carbons (Fsp3) is 0.188. The lowest BCUT2D eigenvalue weighted by atomic mass is 10.1. The number of primary sulfonamides is 1. The van der Waals surface area contributed by atoms with Crippen molar-refractivity contribution in [2.75, 3.05) is 0 Å². The third kappa shape index (κ3) is 6.37. The number of benzene rings is 2. The Balaban J connectivity index is 1.49. The van der Waals surface area contributed by atoms with Crippen LogP contribution in [-0.2, 0) is 23.0 Å². The summed E-state index contributed by atoms with van der Waals surface area (Å²) in [6.07, 6.45) is 2.82. The number of thiazole rings is 1. The molecule has 1 aliphatic carbocycles. The summed E-state index contributed by atoms with van der Waals surface area (Å²) in [5.41, 5.74) is 4.47. The van der Waals surface area contributed by atoms with Crippen molar-refractivity contribution in [2.24, 2.45) is 11.1 Å². The summed E-state index contributed by atoms with van der Waals surface area (Å²) in [5, 5.41) is 16.7. The molecular formula is C32H25F2N3O4S3. The third-order valence-electron chi connectivity index (χ3n) is 7.33. The van der Waals surface area contributed by atoms with Crippen LogP contribution in [-0.4, -0.2) is 29.0 Å². The third-order valence-corrected chi connectivity index (χ3v) is 10.1. The lowest BCUT2D eigenvalue weighted by molar-refractivity contribution is 0.0691. The van der Waals surface area contributed by atoms with Crippen LogP contribution in [0.25, 0.3) is 21.8 Å². The molecule has 0 aliphatic heterocycles. The van der Waals surface area contributed by atoms with Gasteiger partial charge in [0, 0.05) is 45.4 Å². The van der Waals surface area contributed by atoms with Crippen LogP contribution in [0.2, 0.25) is 0 Å². The van der Waals surface area contributed by atoms with Crippen LogP contribution >= 0.6 is 22.7 Å². The van der Waals surface area contributed by atoms with Gasteiger partial charge in [0.1, 0.15) is 21.5 Å². The van der Waals surface area contributed by atoms with Crippen LogP contribution in [0.5, 0.6) is 0 Å². The number of nitrogens with zero attached hydrogens (tertiary/aromatic N) is 2. The number of aryl methyl sites for hydroxylation is 1. The highest BCUT2D eigenvalue weighted by Crippen LogP contribution is 2.41. The molecule has 0 radical (unpaired) electrons. The lowest BCUT2D eigenvalue weighted by Gasteiger charge is -2.16. The zero-order valence-corrected chi connectivity index (χ0v) is 25.8. The first-order chi connectivity index (χ1) is 21.0. The number of aromatic carboxylic acids is 1. The highest BCUT2D eigenvalue weighted by molar-refractivity contribution is 7.89. The van der Waals surface area contributed by atoms with E-state index in [0.29, 0.717) is 38.2 Å². The second kappa shape index (κ2) is 11.7. The van der Waals surface area contributed by atoms with Gasteiger partial charge in [-0.3, -0.25) is 0 Å². The number of nitrogens with two attached hydrogens (primary N) is 1. The number of hydrogen-bond acceptors (Lipinski definition) is 6. The summed E-state index contributed by atoms with van der Waals surface area (Å²) in [4.78, 5) is 16.6. The Morgan fingerprint density at radius 1 is 1.11 bits per heavy atom. The Morgan fingerprint density at radius 3 is 2.55 bits per heavy atom. The molecule has 0 amide bonds. The van der Waals surface area contributed by atoms with E-state index in [-0.39, 0.29) is 18.1 Å². The Labute approximate surface area is 260 Å². The first kappa shape index (κ1) is 29.9. The molecule has 7 nitrogen and oxygen atoms in total. The standard InChI is InChI=1S/C32H25F2N3O4S3/c1-18-25(33)14-23(43-18)9-7-19-3-2-4-22(11-19)28-15-24(31-36-27(17-42-31)32(38)39)29(13-20-5-6-20)37(28)16-21-8-10-30(26(34)12-21)44(35,40)41/h2-4,8,10-12,14-15,17,20H,5-6,13,16H2,1H3,(H,38,39)(H2,35,40,41). The van der Waals surface area contributed by atoms with Crippen molar-refractivity contribution in [3.8, 4) is 33.7 Å². The SMILES string of the molecule is Cc1sc(C#Cc2cccc(-c3cc(-c4nc(C(=O)O)cs4)c(CC4CC4)n3Cc3ccc(S(N)(=O)=O)c(F)c3)c2)cc1F.